The van der Waals surface area contributed by atoms with Crippen molar-refractivity contribution in [3.8, 4) is 0 Å². The van der Waals surface area contributed by atoms with Crippen molar-refractivity contribution in [3.63, 3.8) is 0 Å². The zero-order valence-electron chi connectivity index (χ0n) is 13.7. The van der Waals surface area contributed by atoms with E-state index in [9.17, 15) is 4.79 Å². The van der Waals surface area contributed by atoms with Gasteiger partial charge in [-0.3, -0.25) is 4.79 Å². The second-order valence-corrected chi connectivity index (χ2v) is 7.21. The number of carbonyl (C=O) groups is 1. The van der Waals surface area contributed by atoms with Crippen molar-refractivity contribution in [2.45, 2.75) is 51.5 Å². The van der Waals surface area contributed by atoms with Gasteiger partial charge in [0.1, 0.15) is 0 Å². The highest BCUT2D eigenvalue weighted by atomic mass is 16.2. The number of hydrogen-bond donors (Lipinski definition) is 1. The minimum absolute atomic E-state index is 0.0317. The Balaban J connectivity index is 2.28. The summed E-state index contributed by atoms with van der Waals surface area (Å²) in [6, 6.07) is 8.26. The van der Waals surface area contributed by atoms with Gasteiger partial charge >= 0.3 is 0 Å². The highest BCUT2D eigenvalue weighted by Crippen LogP contribution is 2.31. The molecule has 116 valence electrons. The molecule has 1 aliphatic rings. The molecule has 1 aromatic rings. The molecule has 1 aromatic carbocycles. The fourth-order valence-corrected chi connectivity index (χ4v) is 3.47. The van der Waals surface area contributed by atoms with Gasteiger partial charge in [-0.15, -0.1) is 0 Å². The molecule has 1 aliphatic carbocycles. The van der Waals surface area contributed by atoms with Gasteiger partial charge in [-0.2, -0.15) is 0 Å². The Morgan fingerprint density at radius 3 is 2.57 bits per heavy atom. The van der Waals surface area contributed by atoms with Crippen LogP contribution in [0.5, 0.6) is 0 Å². The van der Waals surface area contributed by atoms with E-state index in [4.69, 9.17) is 5.73 Å². The molecule has 0 aliphatic heterocycles. The molecule has 2 unspecified atom stereocenters. The molecule has 0 spiro atoms. The third-order valence-corrected chi connectivity index (χ3v) is 4.71. The van der Waals surface area contributed by atoms with Crippen LogP contribution in [-0.2, 0) is 5.41 Å². The average molecular weight is 288 g/mol. The summed E-state index contributed by atoms with van der Waals surface area (Å²) in [5.74, 6) is 0.576. The SMILES string of the molecule is CN(C(=O)c1ccccc1C(C)(C)C)C1CCCC1CN. The van der Waals surface area contributed by atoms with Crippen molar-refractivity contribution in [3.05, 3.63) is 35.4 Å². The largest absolute Gasteiger partial charge is 0.338 e. The molecule has 1 saturated carbocycles. The summed E-state index contributed by atoms with van der Waals surface area (Å²) in [6.45, 7) is 7.12. The van der Waals surface area contributed by atoms with Crippen LogP contribution in [0.2, 0.25) is 0 Å². The van der Waals surface area contributed by atoms with Crippen LogP contribution in [0.25, 0.3) is 0 Å². The molecular formula is C18H28N2O. The maximum atomic E-state index is 12.9. The molecule has 3 heteroatoms. The normalized spacial score (nSPS) is 22.3. The minimum Gasteiger partial charge on any atom is -0.338 e. The zero-order valence-corrected chi connectivity index (χ0v) is 13.7. The lowest BCUT2D eigenvalue weighted by Gasteiger charge is -2.31. The van der Waals surface area contributed by atoms with E-state index in [0.29, 0.717) is 12.5 Å². The molecular weight excluding hydrogens is 260 g/mol. The molecule has 0 saturated heterocycles. The molecule has 2 atom stereocenters. The average Bonchev–Trinajstić information content (AvgIpc) is 2.93. The fraction of sp³-hybridized carbons (Fsp3) is 0.611. The second kappa shape index (κ2) is 6.18. The van der Waals surface area contributed by atoms with E-state index in [1.54, 1.807) is 0 Å². The topological polar surface area (TPSA) is 46.3 Å². The molecule has 1 fully saturated rings. The van der Waals surface area contributed by atoms with E-state index >= 15 is 0 Å². The van der Waals surface area contributed by atoms with Gasteiger partial charge in [0.2, 0.25) is 0 Å². The Morgan fingerprint density at radius 1 is 1.29 bits per heavy atom. The van der Waals surface area contributed by atoms with Crippen molar-refractivity contribution in [1.82, 2.24) is 4.90 Å². The van der Waals surface area contributed by atoms with Gasteiger partial charge in [0.25, 0.3) is 5.91 Å². The summed E-state index contributed by atoms with van der Waals surface area (Å²) < 4.78 is 0. The number of rotatable bonds is 3. The zero-order chi connectivity index (χ0) is 15.6. The lowest BCUT2D eigenvalue weighted by Crippen LogP contribution is -2.42. The lowest BCUT2D eigenvalue weighted by molar-refractivity contribution is 0.0697. The molecule has 1 amide bonds. The first-order chi connectivity index (χ1) is 9.86. The quantitative estimate of drug-likeness (QED) is 0.928. The molecule has 21 heavy (non-hydrogen) atoms. The van der Waals surface area contributed by atoms with E-state index in [1.807, 2.05) is 30.1 Å². The summed E-state index contributed by atoms with van der Waals surface area (Å²) in [4.78, 5) is 14.9. The third-order valence-electron chi connectivity index (χ3n) is 4.71. The Hall–Kier alpha value is -1.35. The maximum absolute atomic E-state index is 12.9. The molecule has 2 rings (SSSR count). The highest BCUT2D eigenvalue weighted by Gasteiger charge is 2.33. The van der Waals surface area contributed by atoms with Crippen LogP contribution in [0.1, 0.15) is 56.0 Å². The summed E-state index contributed by atoms with van der Waals surface area (Å²) in [7, 11) is 1.93. The van der Waals surface area contributed by atoms with Crippen LogP contribution < -0.4 is 5.73 Å². The van der Waals surface area contributed by atoms with Gasteiger partial charge < -0.3 is 10.6 Å². The number of nitrogens with zero attached hydrogens (tertiary/aromatic N) is 1. The van der Waals surface area contributed by atoms with Crippen molar-refractivity contribution in [2.24, 2.45) is 11.7 Å². The van der Waals surface area contributed by atoms with Crippen LogP contribution in [-0.4, -0.2) is 30.4 Å². The number of amides is 1. The van der Waals surface area contributed by atoms with E-state index in [0.717, 1.165) is 24.0 Å². The van der Waals surface area contributed by atoms with Gasteiger partial charge in [-0.25, -0.2) is 0 Å². The number of carbonyl (C=O) groups excluding carboxylic acids is 1. The molecule has 0 bridgehead atoms. The van der Waals surface area contributed by atoms with Crippen LogP contribution >= 0.6 is 0 Å². The van der Waals surface area contributed by atoms with Crippen LogP contribution in [0, 0.1) is 5.92 Å². The van der Waals surface area contributed by atoms with Gasteiger partial charge in [0, 0.05) is 18.7 Å². The lowest BCUT2D eigenvalue weighted by atomic mass is 9.83. The smallest absolute Gasteiger partial charge is 0.254 e. The molecule has 0 radical (unpaired) electrons. The van der Waals surface area contributed by atoms with Gasteiger partial charge in [-0.1, -0.05) is 45.4 Å². The number of benzene rings is 1. The Labute approximate surface area is 128 Å². The van der Waals surface area contributed by atoms with E-state index in [1.165, 1.54) is 6.42 Å². The summed E-state index contributed by atoms with van der Waals surface area (Å²) in [6.07, 6.45) is 3.38. The van der Waals surface area contributed by atoms with Crippen molar-refractivity contribution >= 4 is 5.91 Å². The highest BCUT2D eigenvalue weighted by molar-refractivity contribution is 5.96. The van der Waals surface area contributed by atoms with Crippen molar-refractivity contribution < 1.29 is 4.79 Å². The minimum atomic E-state index is -0.0317. The third kappa shape index (κ3) is 3.29. The van der Waals surface area contributed by atoms with Crippen molar-refractivity contribution in [1.29, 1.82) is 0 Å². The Morgan fingerprint density at radius 2 is 1.95 bits per heavy atom. The summed E-state index contributed by atoms with van der Waals surface area (Å²) in [5, 5.41) is 0. The first kappa shape index (κ1) is 16.0. The first-order valence-electron chi connectivity index (χ1n) is 7.93. The van der Waals surface area contributed by atoms with E-state index in [-0.39, 0.29) is 17.4 Å². The summed E-state index contributed by atoms with van der Waals surface area (Å²) >= 11 is 0. The predicted molar refractivity (Wildman–Crippen MR) is 87.4 cm³/mol. The monoisotopic (exact) mass is 288 g/mol. The fourth-order valence-electron chi connectivity index (χ4n) is 3.47. The molecule has 0 heterocycles. The molecule has 2 N–H and O–H groups in total. The first-order valence-corrected chi connectivity index (χ1v) is 7.93. The number of nitrogens with two attached hydrogens (primary N) is 1. The second-order valence-electron chi connectivity index (χ2n) is 7.21. The number of hydrogen-bond acceptors (Lipinski definition) is 2. The van der Waals surface area contributed by atoms with Crippen LogP contribution in [0.4, 0.5) is 0 Å². The Kier molecular flexibility index (Phi) is 4.72. The standard InChI is InChI=1S/C18H28N2O/c1-18(2,3)15-10-6-5-9-14(15)17(21)20(4)16-11-7-8-13(16)12-19/h5-6,9-10,13,16H,7-8,11-12,19H2,1-4H3. The van der Waals surface area contributed by atoms with Crippen LogP contribution in [0.15, 0.2) is 24.3 Å². The van der Waals surface area contributed by atoms with Gasteiger partial charge in [-0.05, 0) is 42.3 Å². The van der Waals surface area contributed by atoms with Crippen LogP contribution in [0.3, 0.4) is 0 Å². The molecule has 0 aromatic heterocycles. The predicted octanol–water partition coefficient (Wildman–Crippen LogP) is 3.18. The summed E-state index contributed by atoms with van der Waals surface area (Å²) in [5.41, 5.74) is 7.77. The van der Waals surface area contributed by atoms with E-state index in [2.05, 4.69) is 26.8 Å². The maximum Gasteiger partial charge on any atom is 0.254 e. The van der Waals surface area contributed by atoms with E-state index < -0.39 is 0 Å². The van der Waals surface area contributed by atoms with Gasteiger partial charge in [0.05, 0.1) is 0 Å². The van der Waals surface area contributed by atoms with Gasteiger partial charge in [0.15, 0.2) is 0 Å². The molecule has 3 nitrogen and oxygen atoms in total. The Bertz CT molecular complexity index is 504. The van der Waals surface area contributed by atoms with Crippen molar-refractivity contribution in [2.75, 3.05) is 13.6 Å².